The third kappa shape index (κ3) is 2.43. The number of aromatic nitrogens is 2. The molecule has 0 spiro atoms. The lowest BCUT2D eigenvalue weighted by molar-refractivity contribution is 0.0995. The van der Waals surface area contributed by atoms with Gasteiger partial charge in [0.15, 0.2) is 11.5 Å². The number of hydrogen-bond acceptors (Lipinski definition) is 5. The number of nitrogens with two attached hydrogens (primary N) is 2. The molecule has 4 N–H and O–H groups in total. The minimum atomic E-state index is -0.542. The van der Waals surface area contributed by atoms with Gasteiger partial charge in [0.25, 0.3) is 5.91 Å². The molecule has 1 aliphatic heterocycles. The third-order valence-corrected chi connectivity index (χ3v) is 3.50. The molecule has 2 atom stereocenters. The van der Waals surface area contributed by atoms with Crippen molar-refractivity contribution in [3.63, 3.8) is 0 Å². The minimum absolute atomic E-state index is 0.238. The summed E-state index contributed by atoms with van der Waals surface area (Å²) < 4.78 is 0. The van der Waals surface area contributed by atoms with Gasteiger partial charge in [0.1, 0.15) is 0 Å². The maximum atomic E-state index is 11.4. The first kappa shape index (κ1) is 12.8. The molecule has 0 radical (unpaired) electrons. The Balaban J connectivity index is 2.31. The lowest BCUT2D eigenvalue weighted by atomic mass is 9.93. The van der Waals surface area contributed by atoms with Crippen LogP contribution in [0.3, 0.4) is 0 Å². The summed E-state index contributed by atoms with van der Waals surface area (Å²) in [4.78, 5) is 21.8. The maximum Gasteiger partial charge on any atom is 0.271 e. The number of hydrogen-bond donors (Lipinski definition) is 2. The molecule has 6 heteroatoms. The zero-order chi connectivity index (χ0) is 13.1. The van der Waals surface area contributed by atoms with Crippen molar-refractivity contribution in [3.8, 4) is 0 Å². The molecule has 1 aliphatic rings. The molecule has 98 valence electrons. The highest BCUT2D eigenvalue weighted by Gasteiger charge is 2.28. The largest absolute Gasteiger partial charge is 0.364 e. The predicted molar refractivity (Wildman–Crippen MR) is 69.1 cm³/mol. The minimum Gasteiger partial charge on any atom is -0.364 e. The second-order valence-corrected chi connectivity index (χ2v) is 4.77. The van der Waals surface area contributed by atoms with Crippen LogP contribution in [0.15, 0.2) is 12.4 Å². The van der Waals surface area contributed by atoms with Crippen LogP contribution in [0, 0.1) is 5.92 Å². The van der Waals surface area contributed by atoms with E-state index in [-0.39, 0.29) is 5.69 Å². The molecule has 0 aliphatic carbocycles. The SMILES string of the molecule is CC1CCC(CN)CN1c1nccnc1C(N)=O. The Kier molecular flexibility index (Phi) is 3.76. The quantitative estimate of drug-likeness (QED) is 0.794. The summed E-state index contributed by atoms with van der Waals surface area (Å²) in [6.45, 7) is 3.57. The van der Waals surface area contributed by atoms with E-state index in [1.54, 1.807) is 6.20 Å². The van der Waals surface area contributed by atoms with Gasteiger partial charge in [0, 0.05) is 25.0 Å². The smallest absolute Gasteiger partial charge is 0.271 e. The first-order chi connectivity index (χ1) is 8.63. The van der Waals surface area contributed by atoms with E-state index in [4.69, 9.17) is 11.5 Å². The summed E-state index contributed by atoms with van der Waals surface area (Å²) in [7, 11) is 0. The molecular weight excluding hydrogens is 230 g/mol. The van der Waals surface area contributed by atoms with E-state index in [1.807, 2.05) is 0 Å². The molecule has 1 aromatic rings. The summed E-state index contributed by atoms with van der Waals surface area (Å²) >= 11 is 0. The first-order valence-corrected chi connectivity index (χ1v) is 6.21. The Morgan fingerprint density at radius 2 is 2.17 bits per heavy atom. The Bertz CT molecular complexity index is 436. The summed E-state index contributed by atoms with van der Waals surface area (Å²) in [5.74, 6) is 0.472. The lowest BCUT2D eigenvalue weighted by Gasteiger charge is -2.38. The number of nitrogens with zero attached hydrogens (tertiary/aromatic N) is 3. The van der Waals surface area contributed by atoms with Crippen LogP contribution >= 0.6 is 0 Å². The zero-order valence-corrected chi connectivity index (χ0v) is 10.5. The van der Waals surface area contributed by atoms with Crippen LogP contribution in [-0.2, 0) is 0 Å². The van der Waals surface area contributed by atoms with Crippen molar-refractivity contribution in [3.05, 3.63) is 18.1 Å². The van der Waals surface area contributed by atoms with Crippen molar-refractivity contribution < 1.29 is 4.79 Å². The highest BCUT2D eigenvalue weighted by atomic mass is 16.1. The summed E-state index contributed by atoms with van der Waals surface area (Å²) in [5.41, 5.74) is 11.3. The zero-order valence-electron chi connectivity index (χ0n) is 10.5. The average molecular weight is 249 g/mol. The second-order valence-electron chi connectivity index (χ2n) is 4.77. The van der Waals surface area contributed by atoms with E-state index in [1.165, 1.54) is 6.20 Å². The molecule has 1 aromatic heterocycles. The van der Waals surface area contributed by atoms with Crippen molar-refractivity contribution in [2.24, 2.45) is 17.4 Å². The molecule has 0 bridgehead atoms. The van der Waals surface area contributed by atoms with Crippen LogP contribution in [0.1, 0.15) is 30.3 Å². The Morgan fingerprint density at radius 3 is 2.83 bits per heavy atom. The first-order valence-electron chi connectivity index (χ1n) is 6.21. The fourth-order valence-electron chi connectivity index (χ4n) is 2.38. The Morgan fingerprint density at radius 1 is 1.44 bits per heavy atom. The highest BCUT2D eigenvalue weighted by Crippen LogP contribution is 2.27. The molecule has 1 saturated heterocycles. The number of carbonyl (C=O) groups excluding carboxylic acids is 1. The van der Waals surface area contributed by atoms with E-state index in [0.29, 0.717) is 24.3 Å². The number of rotatable bonds is 3. The molecule has 0 aromatic carbocycles. The fraction of sp³-hybridized carbons (Fsp3) is 0.583. The fourth-order valence-corrected chi connectivity index (χ4v) is 2.38. The Hall–Kier alpha value is -1.69. The number of amides is 1. The predicted octanol–water partition coefficient (Wildman–Crippen LogP) is 0.139. The van der Waals surface area contributed by atoms with E-state index in [0.717, 1.165) is 19.4 Å². The van der Waals surface area contributed by atoms with Gasteiger partial charge in [-0.15, -0.1) is 0 Å². The monoisotopic (exact) mass is 249 g/mol. The molecule has 2 unspecified atom stereocenters. The topological polar surface area (TPSA) is 98.1 Å². The van der Waals surface area contributed by atoms with Gasteiger partial charge in [-0.1, -0.05) is 0 Å². The average Bonchev–Trinajstić information content (AvgIpc) is 2.39. The van der Waals surface area contributed by atoms with Crippen molar-refractivity contribution in [1.82, 2.24) is 9.97 Å². The van der Waals surface area contributed by atoms with Gasteiger partial charge in [0.2, 0.25) is 0 Å². The normalized spacial score (nSPS) is 24.0. The van der Waals surface area contributed by atoms with Gasteiger partial charge < -0.3 is 16.4 Å². The van der Waals surface area contributed by atoms with Gasteiger partial charge in [-0.3, -0.25) is 4.79 Å². The maximum absolute atomic E-state index is 11.4. The lowest BCUT2D eigenvalue weighted by Crippen LogP contribution is -2.45. The Labute approximate surface area is 106 Å². The van der Waals surface area contributed by atoms with E-state index < -0.39 is 5.91 Å². The molecule has 1 amide bonds. The molecule has 2 rings (SSSR count). The van der Waals surface area contributed by atoms with E-state index >= 15 is 0 Å². The van der Waals surface area contributed by atoms with E-state index in [2.05, 4.69) is 21.8 Å². The third-order valence-electron chi connectivity index (χ3n) is 3.50. The van der Waals surface area contributed by atoms with Crippen molar-refractivity contribution in [2.45, 2.75) is 25.8 Å². The molecular formula is C12H19N5O. The molecule has 6 nitrogen and oxygen atoms in total. The standard InChI is InChI=1S/C12H19N5O/c1-8-2-3-9(6-13)7-17(8)12-10(11(14)18)15-4-5-16-12/h4-5,8-9H,2-3,6-7,13H2,1H3,(H2,14,18). The van der Waals surface area contributed by atoms with Gasteiger partial charge in [-0.2, -0.15) is 0 Å². The van der Waals surface area contributed by atoms with Crippen LogP contribution in [-0.4, -0.2) is 35.0 Å². The molecule has 2 heterocycles. The number of piperidine rings is 1. The van der Waals surface area contributed by atoms with Crippen LogP contribution in [0.2, 0.25) is 0 Å². The number of primary amides is 1. The van der Waals surface area contributed by atoms with Gasteiger partial charge in [-0.25, -0.2) is 9.97 Å². The van der Waals surface area contributed by atoms with Crippen molar-refractivity contribution >= 4 is 11.7 Å². The van der Waals surface area contributed by atoms with Gasteiger partial charge in [0.05, 0.1) is 0 Å². The molecule has 0 saturated carbocycles. The van der Waals surface area contributed by atoms with Crippen LogP contribution in [0.4, 0.5) is 5.82 Å². The number of carbonyl (C=O) groups is 1. The summed E-state index contributed by atoms with van der Waals surface area (Å²) in [6, 6.07) is 0.322. The molecule has 18 heavy (non-hydrogen) atoms. The highest BCUT2D eigenvalue weighted by molar-refractivity contribution is 5.95. The van der Waals surface area contributed by atoms with Crippen molar-refractivity contribution in [1.29, 1.82) is 0 Å². The number of anilines is 1. The molecule has 1 fully saturated rings. The van der Waals surface area contributed by atoms with Gasteiger partial charge in [-0.05, 0) is 32.2 Å². The second kappa shape index (κ2) is 5.30. The van der Waals surface area contributed by atoms with Crippen LogP contribution < -0.4 is 16.4 Å². The van der Waals surface area contributed by atoms with Gasteiger partial charge >= 0.3 is 0 Å². The van der Waals surface area contributed by atoms with Crippen LogP contribution in [0.25, 0.3) is 0 Å². The summed E-state index contributed by atoms with van der Waals surface area (Å²) in [5, 5.41) is 0. The van der Waals surface area contributed by atoms with E-state index in [9.17, 15) is 4.79 Å². The van der Waals surface area contributed by atoms with Crippen molar-refractivity contribution in [2.75, 3.05) is 18.0 Å². The summed E-state index contributed by atoms with van der Waals surface area (Å²) in [6.07, 6.45) is 5.22. The van der Waals surface area contributed by atoms with Crippen LogP contribution in [0.5, 0.6) is 0 Å².